The topological polar surface area (TPSA) is 54.5 Å². The zero-order valence-electron chi connectivity index (χ0n) is 14.9. The Morgan fingerprint density at radius 3 is 2.69 bits per heavy atom. The number of nitriles is 1. The first kappa shape index (κ1) is 18.1. The van der Waals surface area contributed by atoms with Crippen molar-refractivity contribution in [2.24, 2.45) is 0 Å². The van der Waals surface area contributed by atoms with Gasteiger partial charge < -0.3 is 0 Å². The fourth-order valence-corrected chi connectivity index (χ4v) is 4.83. The Balaban J connectivity index is 1.79. The number of nitrogens with zero attached hydrogens (tertiary/aromatic N) is 4. The molecule has 0 aliphatic heterocycles. The minimum Gasteiger partial charge on any atom is -0.297 e. The predicted octanol–water partition coefficient (Wildman–Crippen LogP) is 6.68. The molecule has 4 nitrogen and oxygen atoms in total. The van der Waals surface area contributed by atoms with Crippen LogP contribution in [0.25, 0.3) is 38.1 Å². The highest BCUT2D eigenvalue weighted by Crippen LogP contribution is 2.37. The Labute approximate surface area is 180 Å². The third kappa shape index (κ3) is 3.06. The predicted molar refractivity (Wildman–Crippen MR) is 119 cm³/mol. The molecule has 0 amide bonds. The van der Waals surface area contributed by atoms with E-state index in [4.69, 9.17) is 28.5 Å². The highest BCUT2D eigenvalue weighted by molar-refractivity contribution is 7.13. The van der Waals surface area contributed by atoms with Gasteiger partial charge in [-0.1, -0.05) is 35.3 Å². The summed E-state index contributed by atoms with van der Waals surface area (Å²) in [7, 11) is 0. The Kier molecular flexibility index (Phi) is 4.48. The molecule has 0 unspecified atom stereocenters. The summed E-state index contributed by atoms with van der Waals surface area (Å²) in [5, 5.41) is 13.1. The summed E-state index contributed by atoms with van der Waals surface area (Å²) in [6.07, 6.45) is 3.81. The molecule has 0 aliphatic rings. The first-order valence-corrected chi connectivity index (χ1v) is 10.4. The highest BCUT2D eigenvalue weighted by Gasteiger charge is 2.15. The van der Waals surface area contributed by atoms with Crippen LogP contribution in [-0.2, 0) is 6.42 Å². The van der Waals surface area contributed by atoms with E-state index in [2.05, 4.69) is 22.1 Å². The summed E-state index contributed by atoms with van der Waals surface area (Å²) < 4.78 is 1.96. The van der Waals surface area contributed by atoms with Crippen LogP contribution in [0.3, 0.4) is 0 Å². The molecule has 0 saturated heterocycles. The van der Waals surface area contributed by atoms with Gasteiger partial charge >= 0.3 is 0 Å². The van der Waals surface area contributed by atoms with E-state index in [-0.39, 0.29) is 0 Å². The van der Waals surface area contributed by atoms with E-state index in [0.29, 0.717) is 16.5 Å². The summed E-state index contributed by atoms with van der Waals surface area (Å²) in [5.74, 6) is 0. The van der Waals surface area contributed by atoms with E-state index in [0.717, 1.165) is 43.6 Å². The van der Waals surface area contributed by atoms with Gasteiger partial charge in [0.1, 0.15) is 11.8 Å². The Morgan fingerprint density at radius 1 is 1.03 bits per heavy atom. The number of rotatable bonds is 3. The van der Waals surface area contributed by atoms with Crippen LogP contribution >= 0.6 is 34.5 Å². The van der Waals surface area contributed by atoms with Crippen molar-refractivity contribution in [3.8, 4) is 22.2 Å². The van der Waals surface area contributed by atoms with Crippen molar-refractivity contribution in [2.45, 2.75) is 6.42 Å². The monoisotopic (exact) mass is 434 g/mol. The minimum atomic E-state index is 0.320. The summed E-state index contributed by atoms with van der Waals surface area (Å²) in [6.45, 7) is 0. The zero-order chi connectivity index (χ0) is 20.0. The van der Waals surface area contributed by atoms with Crippen molar-refractivity contribution in [3.63, 3.8) is 0 Å². The molecule has 0 bridgehead atoms. The fraction of sp³-hybridized carbons (Fsp3) is 0.0455. The van der Waals surface area contributed by atoms with E-state index in [1.807, 2.05) is 46.3 Å². The highest BCUT2D eigenvalue weighted by atomic mass is 35.5. The standard InChI is InChI=1S/C22H12Cl2N4S/c23-16-10-18-15(9-14(16)21-2-1-7-29-21)22-19(11-26-18)27-12-28(22)20-4-3-13(5-6-25)8-17(20)24/h1-4,7-12H,5H2. The first-order chi connectivity index (χ1) is 14.2. The van der Waals surface area contributed by atoms with E-state index >= 15 is 0 Å². The number of halogens is 2. The molecule has 3 aromatic heterocycles. The van der Waals surface area contributed by atoms with E-state index in [1.165, 1.54) is 0 Å². The molecule has 7 heteroatoms. The van der Waals surface area contributed by atoms with Gasteiger partial charge in [0, 0.05) is 15.8 Å². The molecule has 0 fully saturated rings. The van der Waals surface area contributed by atoms with Gasteiger partial charge in [-0.2, -0.15) is 5.26 Å². The average molecular weight is 435 g/mol. The van der Waals surface area contributed by atoms with Crippen LogP contribution in [-0.4, -0.2) is 14.5 Å². The van der Waals surface area contributed by atoms with Crippen LogP contribution in [0.5, 0.6) is 0 Å². The van der Waals surface area contributed by atoms with Gasteiger partial charge in [-0.3, -0.25) is 9.55 Å². The maximum absolute atomic E-state index is 8.93. The fourth-order valence-electron chi connectivity index (χ4n) is 3.46. The number of fused-ring (bicyclic) bond motifs is 3. The largest absolute Gasteiger partial charge is 0.297 e. The zero-order valence-corrected chi connectivity index (χ0v) is 17.3. The molecule has 0 aliphatic carbocycles. The Hall–Kier alpha value is -2.91. The molecule has 5 aromatic rings. The minimum absolute atomic E-state index is 0.320. The molecular weight excluding hydrogens is 423 g/mol. The Bertz CT molecular complexity index is 1410. The van der Waals surface area contributed by atoms with Gasteiger partial charge in [-0.15, -0.1) is 11.3 Å². The third-order valence-corrected chi connectivity index (χ3v) is 6.32. The molecule has 2 aromatic carbocycles. The van der Waals surface area contributed by atoms with Crippen LogP contribution < -0.4 is 0 Å². The first-order valence-electron chi connectivity index (χ1n) is 8.80. The molecule has 0 radical (unpaired) electrons. The lowest BCUT2D eigenvalue weighted by molar-refractivity contribution is 1.09. The van der Waals surface area contributed by atoms with Crippen LogP contribution in [0.1, 0.15) is 5.56 Å². The molecule has 5 rings (SSSR count). The SMILES string of the molecule is N#CCc1ccc(-n2cnc3cnc4cc(Cl)c(-c5cccs5)cc4c32)c(Cl)c1. The summed E-state index contributed by atoms with van der Waals surface area (Å²) in [6, 6.07) is 15.8. The summed E-state index contributed by atoms with van der Waals surface area (Å²) in [5.41, 5.74) is 5.13. The number of benzene rings is 2. The number of thiophene rings is 1. The molecule has 3 heterocycles. The smallest absolute Gasteiger partial charge is 0.108 e. The van der Waals surface area contributed by atoms with Crippen molar-refractivity contribution >= 4 is 56.5 Å². The quantitative estimate of drug-likeness (QED) is 0.318. The maximum Gasteiger partial charge on any atom is 0.108 e. The lowest BCUT2D eigenvalue weighted by Gasteiger charge is -2.11. The number of pyridine rings is 1. The van der Waals surface area contributed by atoms with Crippen molar-refractivity contribution in [2.75, 3.05) is 0 Å². The van der Waals surface area contributed by atoms with E-state index in [1.54, 1.807) is 23.9 Å². The van der Waals surface area contributed by atoms with Gasteiger partial charge in [0.15, 0.2) is 0 Å². The van der Waals surface area contributed by atoms with Gasteiger partial charge in [0.05, 0.1) is 45.5 Å². The molecule has 140 valence electrons. The number of hydrogen-bond donors (Lipinski definition) is 0. The summed E-state index contributed by atoms with van der Waals surface area (Å²) in [4.78, 5) is 10.1. The van der Waals surface area contributed by atoms with Crippen LogP contribution in [0.15, 0.2) is 60.4 Å². The molecule has 0 N–H and O–H groups in total. The lowest BCUT2D eigenvalue weighted by Crippen LogP contribution is -1.96. The lowest BCUT2D eigenvalue weighted by atomic mass is 10.1. The molecule has 0 spiro atoms. The third-order valence-electron chi connectivity index (χ3n) is 4.80. The molecule has 0 saturated carbocycles. The normalized spacial score (nSPS) is 11.2. The second-order valence-electron chi connectivity index (χ2n) is 6.55. The van der Waals surface area contributed by atoms with Crippen molar-refractivity contribution in [1.82, 2.24) is 14.5 Å². The van der Waals surface area contributed by atoms with Crippen LogP contribution in [0.2, 0.25) is 10.0 Å². The number of aromatic nitrogens is 3. The van der Waals surface area contributed by atoms with Crippen LogP contribution in [0.4, 0.5) is 0 Å². The van der Waals surface area contributed by atoms with Crippen molar-refractivity contribution in [3.05, 3.63) is 76.0 Å². The number of hydrogen-bond acceptors (Lipinski definition) is 4. The van der Waals surface area contributed by atoms with Crippen molar-refractivity contribution < 1.29 is 0 Å². The number of imidazole rings is 1. The van der Waals surface area contributed by atoms with Crippen molar-refractivity contribution in [1.29, 1.82) is 5.26 Å². The van der Waals surface area contributed by atoms with Gasteiger partial charge in [-0.05, 0) is 41.3 Å². The second-order valence-corrected chi connectivity index (χ2v) is 8.32. The Morgan fingerprint density at radius 2 is 1.93 bits per heavy atom. The average Bonchev–Trinajstić information content (AvgIpc) is 3.38. The van der Waals surface area contributed by atoms with Gasteiger partial charge in [0.2, 0.25) is 0 Å². The molecular formula is C22H12Cl2N4S. The van der Waals surface area contributed by atoms with E-state index in [9.17, 15) is 0 Å². The summed E-state index contributed by atoms with van der Waals surface area (Å²) >= 11 is 14.7. The molecule has 0 atom stereocenters. The molecule has 29 heavy (non-hydrogen) atoms. The maximum atomic E-state index is 8.93. The van der Waals surface area contributed by atoms with Gasteiger partial charge in [-0.25, -0.2) is 4.98 Å². The van der Waals surface area contributed by atoms with Crippen LogP contribution in [0, 0.1) is 11.3 Å². The van der Waals surface area contributed by atoms with Gasteiger partial charge in [0.25, 0.3) is 0 Å². The second kappa shape index (κ2) is 7.16. The van der Waals surface area contributed by atoms with E-state index < -0.39 is 0 Å².